The zero-order valence-electron chi connectivity index (χ0n) is 11.5. The van der Waals surface area contributed by atoms with Gasteiger partial charge in [0.15, 0.2) is 0 Å². The van der Waals surface area contributed by atoms with Crippen LogP contribution in [0.15, 0.2) is 40.1 Å². The van der Waals surface area contributed by atoms with Crippen molar-refractivity contribution in [3.8, 4) is 6.07 Å². The number of aromatic nitrogens is 2. The van der Waals surface area contributed by atoms with Crippen LogP contribution >= 0.6 is 0 Å². The molecule has 0 amide bonds. The molecule has 0 spiro atoms. The van der Waals surface area contributed by atoms with Crippen molar-refractivity contribution in [3.63, 3.8) is 0 Å². The Morgan fingerprint density at radius 2 is 1.80 bits per heavy atom. The minimum atomic E-state index is -0.457. The van der Waals surface area contributed by atoms with E-state index in [-0.39, 0.29) is 18.6 Å². The molecule has 5 nitrogen and oxygen atoms in total. The summed E-state index contributed by atoms with van der Waals surface area (Å²) in [6, 6.07) is 9.06. The maximum atomic E-state index is 12.2. The van der Waals surface area contributed by atoms with Crippen molar-refractivity contribution in [2.75, 3.05) is 0 Å². The Morgan fingerprint density at radius 1 is 1.15 bits per heavy atom. The van der Waals surface area contributed by atoms with E-state index in [1.807, 2.05) is 38.1 Å². The summed E-state index contributed by atoms with van der Waals surface area (Å²) in [5, 5.41) is 8.69. The van der Waals surface area contributed by atoms with Gasteiger partial charge in [-0.3, -0.25) is 13.9 Å². The van der Waals surface area contributed by atoms with E-state index < -0.39 is 5.69 Å². The maximum Gasteiger partial charge on any atom is 0.332 e. The van der Waals surface area contributed by atoms with E-state index >= 15 is 0 Å². The summed E-state index contributed by atoms with van der Waals surface area (Å²) in [4.78, 5) is 24.1. The van der Waals surface area contributed by atoms with Gasteiger partial charge in [0, 0.05) is 12.3 Å². The van der Waals surface area contributed by atoms with Crippen LogP contribution in [0.2, 0.25) is 0 Å². The van der Waals surface area contributed by atoms with Crippen LogP contribution in [0.25, 0.3) is 0 Å². The zero-order chi connectivity index (χ0) is 14.7. The fourth-order valence-electron chi connectivity index (χ4n) is 2.16. The van der Waals surface area contributed by atoms with Crippen molar-refractivity contribution in [1.29, 1.82) is 5.26 Å². The summed E-state index contributed by atoms with van der Waals surface area (Å²) in [6.45, 7) is 4.06. The Hall–Kier alpha value is -2.61. The summed E-state index contributed by atoms with van der Waals surface area (Å²) in [6.07, 6.45) is 1.36. The van der Waals surface area contributed by atoms with Crippen molar-refractivity contribution in [3.05, 3.63) is 68.0 Å². The molecule has 0 unspecified atom stereocenters. The lowest BCUT2D eigenvalue weighted by molar-refractivity contribution is 0.618. The van der Waals surface area contributed by atoms with Gasteiger partial charge in [-0.05, 0) is 30.5 Å². The Morgan fingerprint density at radius 3 is 2.40 bits per heavy atom. The third-order valence-electron chi connectivity index (χ3n) is 3.34. The number of nitriles is 1. The molecule has 2 rings (SSSR count). The molecule has 0 bridgehead atoms. The lowest BCUT2D eigenvalue weighted by Crippen LogP contribution is -2.39. The molecule has 0 fully saturated rings. The van der Waals surface area contributed by atoms with Crippen LogP contribution in [-0.2, 0) is 13.1 Å². The lowest BCUT2D eigenvalue weighted by Gasteiger charge is -2.12. The average molecular weight is 269 g/mol. The highest BCUT2D eigenvalue weighted by Crippen LogP contribution is 2.13. The topological polar surface area (TPSA) is 67.8 Å². The van der Waals surface area contributed by atoms with Crippen LogP contribution in [0.3, 0.4) is 0 Å². The molecule has 0 aliphatic heterocycles. The molecule has 0 atom stereocenters. The van der Waals surface area contributed by atoms with E-state index in [1.165, 1.54) is 16.8 Å². The summed E-state index contributed by atoms with van der Waals surface area (Å²) in [5.41, 5.74) is 2.22. The molecule has 0 saturated carbocycles. The molecular formula is C15H15N3O2. The van der Waals surface area contributed by atoms with Gasteiger partial charge >= 0.3 is 5.69 Å². The van der Waals surface area contributed by atoms with Gasteiger partial charge in [0.05, 0.1) is 12.6 Å². The second kappa shape index (κ2) is 5.57. The standard InChI is InChI=1S/C15H15N3O2/c1-11-4-3-5-12(2)13(11)10-18-14(19)6-8-17(9-7-16)15(18)20/h3-6,8H,9-10H2,1-2H3. The molecule has 1 heterocycles. The summed E-state index contributed by atoms with van der Waals surface area (Å²) in [7, 11) is 0. The van der Waals surface area contributed by atoms with Gasteiger partial charge in [-0.2, -0.15) is 5.26 Å². The highest BCUT2D eigenvalue weighted by Gasteiger charge is 2.09. The maximum absolute atomic E-state index is 12.2. The first kappa shape index (κ1) is 13.8. The molecule has 0 aliphatic carbocycles. The molecule has 0 radical (unpaired) electrons. The highest BCUT2D eigenvalue weighted by atomic mass is 16.2. The molecule has 5 heteroatoms. The van der Waals surface area contributed by atoms with E-state index in [0.717, 1.165) is 21.3 Å². The molecule has 1 aromatic heterocycles. The molecule has 0 N–H and O–H groups in total. The van der Waals surface area contributed by atoms with Crippen LogP contribution in [-0.4, -0.2) is 9.13 Å². The summed E-state index contributed by atoms with van der Waals surface area (Å²) >= 11 is 0. The van der Waals surface area contributed by atoms with Gasteiger partial charge in [0.2, 0.25) is 0 Å². The Balaban J connectivity index is 2.55. The molecule has 102 valence electrons. The number of hydrogen-bond donors (Lipinski definition) is 0. The molecule has 2 aromatic rings. The number of aryl methyl sites for hydroxylation is 2. The van der Waals surface area contributed by atoms with Crippen molar-refractivity contribution >= 4 is 0 Å². The third-order valence-corrected chi connectivity index (χ3v) is 3.34. The third kappa shape index (κ3) is 2.54. The van der Waals surface area contributed by atoms with E-state index in [9.17, 15) is 9.59 Å². The predicted octanol–water partition coefficient (Wildman–Crippen LogP) is 1.20. The van der Waals surface area contributed by atoms with Gasteiger partial charge in [-0.15, -0.1) is 0 Å². The van der Waals surface area contributed by atoms with Crippen molar-refractivity contribution in [2.45, 2.75) is 26.9 Å². The van der Waals surface area contributed by atoms with Crippen LogP contribution in [0.1, 0.15) is 16.7 Å². The summed E-state index contributed by atoms with van der Waals surface area (Å²) < 4.78 is 2.39. The van der Waals surface area contributed by atoms with E-state index in [2.05, 4.69) is 0 Å². The predicted molar refractivity (Wildman–Crippen MR) is 75.6 cm³/mol. The largest absolute Gasteiger partial charge is 0.332 e. The Labute approximate surface area is 116 Å². The monoisotopic (exact) mass is 269 g/mol. The highest BCUT2D eigenvalue weighted by molar-refractivity contribution is 5.33. The minimum Gasteiger partial charge on any atom is -0.287 e. The number of rotatable bonds is 3. The Bertz CT molecular complexity index is 774. The molecular weight excluding hydrogens is 254 g/mol. The van der Waals surface area contributed by atoms with Crippen LogP contribution < -0.4 is 11.2 Å². The van der Waals surface area contributed by atoms with Crippen molar-refractivity contribution < 1.29 is 0 Å². The second-order valence-electron chi connectivity index (χ2n) is 4.68. The van der Waals surface area contributed by atoms with Gasteiger partial charge in [-0.25, -0.2) is 4.79 Å². The van der Waals surface area contributed by atoms with E-state index in [1.54, 1.807) is 0 Å². The average Bonchev–Trinajstić information content (AvgIpc) is 2.41. The fraction of sp³-hybridized carbons (Fsp3) is 0.267. The second-order valence-corrected chi connectivity index (χ2v) is 4.68. The minimum absolute atomic E-state index is 0.0636. The SMILES string of the molecule is Cc1cccc(C)c1Cn1c(=O)ccn(CC#N)c1=O. The molecule has 0 aliphatic rings. The van der Waals surface area contributed by atoms with Crippen molar-refractivity contribution in [2.24, 2.45) is 0 Å². The first-order chi connectivity index (χ1) is 9.54. The number of benzene rings is 1. The van der Waals surface area contributed by atoms with Crippen molar-refractivity contribution in [1.82, 2.24) is 9.13 Å². The summed E-state index contributed by atoms with van der Waals surface area (Å²) in [5.74, 6) is 0. The van der Waals surface area contributed by atoms with Crippen LogP contribution in [0.4, 0.5) is 0 Å². The van der Waals surface area contributed by atoms with Gasteiger partial charge in [0.1, 0.15) is 6.54 Å². The fourth-order valence-corrected chi connectivity index (χ4v) is 2.16. The smallest absolute Gasteiger partial charge is 0.287 e. The van der Waals surface area contributed by atoms with Gasteiger partial charge in [0.25, 0.3) is 5.56 Å². The molecule has 20 heavy (non-hydrogen) atoms. The molecule has 1 aromatic carbocycles. The number of nitrogens with zero attached hydrogens (tertiary/aromatic N) is 3. The van der Waals surface area contributed by atoms with E-state index in [0.29, 0.717) is 0 Å². The van der Waals surface area contributed by atoms with Crippen LogP contribution in [0.5, 0.6) is 0 Å². The van der Waals surface area contributed by atoms with Gasteiger partial charge < -0.3 is 0 Å². The normalized spacial score (nSPS) is 10.2. The Kier molecular flexibility index (Phi) is 3.85. The lowest BCUT2D eigenvalue weighted by atomic mass is 10.0. The first-order valence-corrected chi connectivity index (χ1v) is 6.27. The van der Waals surface area contributed by atoms with Gasteiger partial charge in [-0.1, -0.05) is 18.2 Å². The van der Waals surface area contributed by atoms with E-state index in [4.69, 9.17) is 5.26 Å². The number of hydrogen-bond acceptors (Lipinski definition) is 3. The van der Waals surface area contributed by atoms with Crippen LogP contribution in [0, 0.1) is 25.2 Å². The quantitative estimate of drug-likeness (QED) is 0.840. The zero-order valence-corrected chi connectivity index (χ0v) is 11.5. The first-order valence-electron chi connectivity index (χ1n) is 6.27. The molecule has 0 saturated heterocycles.